The predicted molar refractivity (Wildman–Crippen MR) is 145 cm³/mol. The van der Waals surface area contributed by atoms with Gasteiger partial charge in [0.2, 0.25) is 10.0 Å². The molecule has 0 fully saturated rings. The molecular formula is C29H25ClN2O5S. The summed E-state index contributed by atoms with van der Waals surface area (Å²) in [6.07, 6.45) is 0. The number of amides is 1. The highest BCUT2D eigenvalue weighted by atomic mass is 35.5. The molecule has 38 heavy (non-hydrogen) atoms. The van der Waals surface area contributed by atoms with E-state index in [0.717, 1.165) is 5.56 Å². The summed E-state index contributed by atoms with van der Waals surface area (Å²) in [5.41, 5.74) is 2.19. The van der Waals surface area contributed by atoms with Crippen LogP contribution in [0.15, 0.2) is 114 Å². The number of rotatable bonds is 10. The van der Waals surface area contributed by atoms with E-state index in [0.29, 0.717) is 16.1 Å². The Kier molecular flexibility index (Phi) is 8.58. The summed E-state index contributed by atoms with van der Waals surface area (Å²) >= 11 is 5.95. The first-order valence-corrected chi connectivity index (χ1v) is 13.5. The van der Waals surface area contributed by atoms with Crippen LogP contribution in [-0.4, -0.2) is 29.7 Å². The van der Waals surface area contributed by atoms with Gasteiger partial charge < -0.3 is 10.4 Å². The highest BCUT2D eigenvalue weighted by Crippen LogP contribution is 2.23. The van der Waals surface area contributed by atoms with Gasteiger partial charge in [0.25, 0.3) is 5.91 Å². The number of benzene rings is 4. The number of halogens is 1. The molecule has 1 atom stereocenters. The Morgan fingerprint density at radius 3 is 1.84 bits per heavy atom. The van der Waals surface area contributed by atoms with Crippen LogP contribution in [0.25, 0.3) is 0 Å². The first-order valence-electron chi connectivity index (χ1n) is 11.7. The topological polar surface area (TPSA) is 104 Å². The Balaban J connectivity index is 1.55. The molecule has 194 valence electrons. The zero-order valence-corrected chi connectivity index (χ0v) is 21.8. The number of sulfonamides is 1. The molecule has 2 N–H and O–H groups in total. The van der Waals surface area contributed by atoms with Gasteiger partial charge in [0.15, 0.2) is 6.04 Å². The van der Waals surface area contributed by atoms with E-state index in [-0.39, 0.29) is 23.5 Å². The van der Waals surface area contributed by atoms with E-state index in [1.54, 1.807) is 54.6 Å². The van der Waals surface area contributed by atoms with Crippen molar-refractivity contribution in [3.8, 4) is 0 Å². The maximum atomic E-state index is 13.5. The van der Waals surface area contributed by atoms with Crippen LogP contribution in [0, 0.1) is 0 Å². The number of carbonyl (C=O) groups is 2. The second-order valence-electron chi connectivity index (χ2n) is 8.56. The van der Waals surface area contributed by atoms with Crippen molar-refractivity contribution in [2.24, 2.45) is 0 Å². The average Bonchev–Trinajstić information content (AvgIpc) is 2.93. The van der Waals surface area contributed by atoms with Crippen LogP contribution in [0.2, 0.25) is 5.02 Å². The lowest BCUT2D eigenvalue weighted by Crippen LogP contribution is -2.33. The molecule has 0 bridgehead atoms. The second kappa shape index (κ2) is 12.0. The van der Waals surface area contributed by atoms with Crippen molar-refractivity contribution in [2.45, 2.75) is 24.0 Å². The molecule has 0 aliphatic rings. The SMILES string of the molecule is O=C(NC(C(=O)O)c1ccccc1)c1ccc(CN(Cc2ccccc2)S(=O)(=O)c2ccc(Cl)cc2)cc1. The van der Waals surface area contributed by atoms with Gasteiger partial charge in [-0.25, -0.2) is 13.2 Å². The number of nitrogens with one attached hydrogen (secondary N) is 1. The molecule has 1 amide bonds. The lowest BCUT2D eigenvalue weighted by molar-refractivity contribution is -0.139. The fourth-order valence-electron chi connectivity index (χ4n) is 3.88. The van der Waals surface area contributed by atoms with Crippen molar-refractivity contribution >= 4 is 33.5 Å². The fourth-order valence-corrected chi connectivity index (χ4v) is 5.42. The lowest BCUT2D eigenvalue weighted by Gasteiger charge is -2.23. The van der Waals surface area contributed by atoms with Crippen LogP contribution in [-0.2, 0) is 27.9 Å². The molecule has 4 rings (SSSR count). The van der Waals surface area contributed by atoms with Crippen LogP contribution < -0.4 is 5.32 Å². The lowest BCUT2D eigenvalue weighted by atomic mass is 10.1. The van der Waals surface area contributed by atoms with E-state index in [1.807, 2.05) is 30.3 Å². The molecule has 0 aliphatic heterocycles. The summed E-state index contributed by atoms with van der Waals surface area (Å²) in [4.78, 5) is 24.6. The number of nitrogens with zero attached hydrogens (tertiary/aromatic N) is 1. The Labute approximate surface area is 226 Å². The second-order valence-corrected chi connectivity index (χ2v) is 10.9. The summed E-state index contributed by atoms with van der Waals surface area (Å²) in [6.45, 7) is 0.203. The van der Waals surface area contributed by atoms with Crippen molar-refractivity contribution in [2.75, 3.05) is 0 Å². The molecule has 4 aromatic rings. The largest absolute Gasteiger partial charge is 0.479 e. The zero-order chi connectivity index (χ0) is 27.1. The van der Waals surface area contributed by atoms with Gasteiger partial charge in [0, 0.05) is 23.7 Å². The molecule has 4 aromatic carbocycles. The fraction of sp³-hybridized carbons (Fsp3) is 0.103. The van der Waals surface area contributed by atoms with Crippen molar-refractivity contribution < 1.29 is 23.1 Å². The van der Waals surface area contributed by atoms with Gasteiger partial charge in [-0.15, -0.1) is 0 Å². The molecule has 0 spiro atoms. The highest BCUT2D eigenvalue weighted by Gasteiger charge is 2.26. The van der Waals surface area contributed by atoms with Gasteiger partial charge in [-0.1, -0.05) is 84.4 Å². The maximum Gasteiger partial charge on any atom is 0.330 e. The normalized spacial score (nSPS) is 12.2. The summed E-state index contributed by atoms with van der Waals surface area (Å²) < 4.78 is 28.4. The molecule has 0 saturated heterocycles. The third-order valence-electron chi connectivity index (χ3n) is 5.88. The van der Waals surface area contributed by atoms with Crippen molar-refractivity contribution in [1.82, 2.24) is 9.62 Å². The minimum absolute atomic E-state index is 0.0590. The van der Waals surface area contributed by atoms with Crippen molar-refractivity contribution in [3.05, 3.63) is 136 Å². The van der Waals surface area contributed by atoms with Gasteiger partial charge in [-0.3, -0.25) is 4.79 Å². The van der Waals surface area contributed by atoms with Crippen LogP contribution in [0.5, 0.6) is 0 Å². The summed E-state index contributed by atoms with van der Waals surface area (Å²) in [5.74, 6) is -1.73. The van der Waals surface area contributed by atoms with Gasteiger partial charge >= 0.3 is 5.97 Å². The number of aliphatic carboxylic acids is 1. The molecule has 1 unspecified atom stereocenters. The molecule has 7 nitrogen and oxygen atoms in total. The molecular weight excluding hydrogens is 524 g/mol. The third kappa shape index (κ3) is 6.66. The Morgan fingerprint density at radius 1 is 0.763 bits per heavy atom. The minimum Gasteiger partial charge on any atom is -0.479 e. The predicted octanol–water partition coefficient (Wildman–Crippen LogP) is 5.29. The first kappa shape index (κ1) is 27.1. The first-order chi connectivity index (χ1) is 18.2. The van der Waals surface area contributed by atoms with Crippen LogP contribution in [0.1, 0.15) is 33.1 Å². The van der Waals surface area contributed by atoms with E-state index >= 15 is 0 Å². The quantitative estimate of drug-likeness (QED) is 0.280. The number of hydrogen-bond acceptors (Lipinski definition) is 4. The monoisotopic (exact) mass is 548 g/mol. The molecule has 0 aliphatic carbocycles. The van der Waals surface area contributed by atoms with Crippen molar-refractivity contribution in [3.63, 3.8) is 0 Å². The number of hydrogen-bond donors (Lipinski definition) is 2. The number of carbonyl (C=O) groups excluding carboxylic acids is 1. The van der Waals surface area contributed by atoms with Gasteiger partial charge in [0.05, 0.1) is 4.90 Å². The number of carboxylic acid groups (broad SMARTS) is 1. The summed E-state index contributed by atoms with van der Waals surface area (Å²) in [7, 11) is -3.87. The summed E-state index contributed by atoms with van der Waals surface area (Å²) in [6, 6.07) is 28.9. The van der Waals surface area contributed by atoms with E-state index in [4.69, 9.17) is 11.6 Å². The van der Waals surface area contributed by atoms with Gasteiger partial charge in [-0.2, -0.15) is 4.31 Å². The highest BCUT2D eigenvalue weighted by molar-refractivity contribution is 7.89. The van der Waals surface area contributed by atoms with Gasteiger partial charge in [-0.05, 0) is 53.1 Å². The summed E-state index contributed by atoms with van der Waals surface area (Å²) in [5, 5.41) is 12.6. The van der Waals surface area contributed by atoms with Crippen LogP contribution in [0.4, 0.5) is 0 Å². The molecule has 9 heteroatoms. The van der Waals surface area contributed by atoms with E-state index < -0.39 is 27.9 Å². The zero-order valence-electron chi connectivity index (χ0n) is 20.2. The van der Waals surface area contributed by atoms with Gasteiger partial charge in [0.1, 0.15) is 0 Å². The molecule has 0 heterocycles. The van der Waals surface area contributed by atoms with Crippen LogP contribution >= 0.6 is 11.6 Å². The van der Waals surface area contributed by atoms with E-state index in [1.165, 1.54) is 28.6 Å². The Bertz CT molecular complexity index is 1490. The smallest absolute Gasteiger partial charge is 0.330 e. The third-order valence-corrected chi connectivity index (χ3v) is 7.94. The number of carboxylic acids is 1. The molecule has 0 saturated carbocycles. The Hall–Kier alpha value is -3.98. The standard InChI is InChI=1S/C29H25ClN2O5S/c30-25-15-17-26(18-16-25)38(36,37)32(19-21-7-3-1-4-8-21)20-22-11-13-24(14-12-22)28(33)31-27(29(34)35)23-9-5-2-6-10-23/h1-18,27H,19-20H2,(H,31,33)(H,34,35). The average molecular weight is 549 g/mol. The minimum atomic E-state index is -3.87. The van der Waals surface area contributed by atoms with E-state index in [2.05, 4.69) is 5.32 Å². The Morgan fingerprint density at radius 2 is 1.29 bits per heavy atom. The van der Waals surface area contributed by atoms with Crippen LogP contribution in [0.3, 0.4) is 0 Å². The maximum absolute atomic E-state index is 13.5. The molecule has 0 radical (unpaired) electrons. The van der Waals surface area contributed by atoms with E-state index in [9.17, 15) is 23.1 Å². The van der Waals surface area contributed by atoms with Crippen molar-refractivity contribution in [1.29, 1.82) is 0 Å². The molecule has 0 aromatic heterocycles.